The van der Waals surface area contributed by atoms with Gasteiger partial charge in [-0.15, -0.1) is 0 Å². The molecule has 0 aliphatic carbocycles. The van der Waals surface area contributed by atoms with Gasteiger partial charge in [-0.1, -0.05) is 24.0 Å². The fraction of sp³-hybridized carbons (Fsp3) is 0.412. The van der Waals surface area contributed by atoms with E-state index in [-0.39, 0.29) is 11.9 Å². The van der Waals surface area contributed by atoms with E-state index in [1.165, 1.54) is 6.92 Å². The number of carbonyl (C=O) groups excluding carboxylic acids is 2. The molecule has 0 aliphatic heterocycles. The largest absolute Gasteiger partial charge is 0.456 e. The highest BCUT2D eigenvalue weighted by Gasteiger charge is 2.19. The molecular formula is C17H21NO3. The topological polar surface area (TPSA) is 55.4 Å². The second-order valence-corrected chi connectivity index (χ2v) is 5.58. The highest BCUT2D eigenvalue weighted by atomic mass is 16.6. The molecule has 0 fully saturated rings. The summed E-state index contributed by atoms with van der Waals surface area (Å²) in [7, 11) is 0. The maximum atomic E-state index is 12.1. The summed E-state index contributed by atoms with van der Waals surface area (Å²) in [5.74, 6) is 5.44. The first-order valence-electron chi connectivity index (χ1n) is 6.85. The maximum absolute atomic E-state index is 12.1. The number of benzene rings is 1. The van der Waals surface area contributed by atoms with Crippen molar-refractivity contribution in [1.82, 2.24) is 5.32 Å². The predicted octanol–water partition coefficient (Wildman–Crippen LogP) is 2.52. The number of hydrogen-bond acceptors (Lipinski definition) is 3. The molecule has 1 rings (SSSR count). The lowest BCUT2D eigenvalue weighted by molar-refractivity contribution is -0.118. The lowest BCUT2D eigenvalue weighted by Gasteiger charge is -2.19. The number of carbonyl (C=O) groups is 2. The summed E-state index contributed by atoms with van der Waals surface area (Å²) in [6.45, 7) is 7.44. The molecule has 1 amide bonds. The summed E-state index contributed by atoms with van der Waals surface area (Å²) < 4.78 is 5.36. The highest BCUT2D eigenvalue weighted by molar-refractivity contribution is 5.92. The van der Waals surface area contributed by atoms with Gasteiger partial charge in [-0.2, -0.15) is 0 Å². The van der Waals surface area contributed by atoms with E-state index in [1.807, 2.05) is 26.8 Å². The van der Waals surface area contributed by atoms with Gasteiger partial charge in [0, 0.05) is 25.5 Å². The minimum Gasteiger partial charge on any atom is -0.456 e. The Morgan fingerprint density at radius 2 is 1.90 bits per heavy atom. The number of hydrogen-bond donors (Lipinski definition) is 1. The van der Waals surface area contributed by atoms with Crippen LogP contribution in [-0.4, -0.2) is 24.0 Å². The molecule has 0 spiro atoms. The molecule has 0 bridgehead atoms. The molecule has 0 saturated carbocycles. The van der Waals surface area contributed by atoms with E-state index in [0.29, 0.717) is 24.1 Å². The number of rotatable bonds is 3. The normalized spacial score (nSPS) is 10.3. The summed E-state index contributed by atoms with van der Waals surface area (Å²) >= 11 is 0. The van der Waals surface area contributed by atoms with E-state index in [0.717, 1.165) is 0 Å². The zero-order valence-corrected chi connectivity index (χ0v) is 12.9. The molecule has 21 heavy (non-hydrogen) atoms. The van der Waals surface area contributed by atoms with Crippen molar-refractivity contribution in [3.8, 4) is 11.8 Å². The van der Waals surface area contributed by atoms with E-state index in [1.54, 1.807) is 18.2 Å². The molecular weight excluding hydrogens is 266 g/mol. The van der Waals surface area contributed by atoms with Gasteiger partial charge >= 0.3 is 5.97 Å². The first-order valence-corrected chi connectivity index (χ1v) is 6.85. The van der Waals surface area contributed by atoms with Crippen LogP contribution in [0.4, 0.5) is 0 Å². The van der Waals surface area contributed by atoms with E-state index in [4.69, 9.17) is 4.74 Å². The molecule has 0 aromatic heterocycles. The molecule has 4 heteroatoms. The zero-order valence-electron chi connectivity index (χ0n) is 12.9. The maximum Gasteiger partial charge on any atom is 0.339 e. The van der Waals surface area contributed by atoms with Crippen molar-refractivity contribution in [2.75, 3.05) is 6.54 Å². The quantitative estimate of drug-likeness (QED) is 0.528. The van der Waals surface area contributed by atoms with Gasteiger partial charge in [0.2, 0.25) is 5.91 Å². The van der Waals surface area contributed by atoms with E-state index in [9.17, 15) is 9.59 Å². The van der Waals surface area contributed by atoms with Crippen molar-refractivity contribution in [3.63, 3.8) is 0 Å². The number of amides is 1. The van der Waals surface area contributed by atoms with Crippen LogP contribution in [-0.2, 0) is 9.53 Å². The van der Waals surface area contributed by atoms with Crippen molar-refractivity contribution in [3.05, 3.63) is 35.4 Å². The van der Waals surface area contributed by atoms with E-state index < -0.39 is 5.60 Å². The van der Waals surface area contributed by atoms with Gasteiger partial charge < -0.3 is 10.1 Å². The summed E-state index contributed by atoms with van der Waals surface area (Å²) in [4.78, 5) is 22.8. The highest BCUT2D eigenvalue weighted by Crippen LogP contribution is 2.14. The number of ether oxygens (including phenoxy) is 1. The van der Waals surface area contributed by atoms with Crippen LogP contribution in [0, 0.1) is 11.8 Å². The molecule has 1 aromatic rings. The van der Waals surface area contributed by atoms with E-state index in [2.05, 4.69) is 17.2 Å². The van der Waals surface area contributed by atoms with Crippen LogP contribution in [0.2, 0.25) is 0 Å². The number of nitrogens with one attached hydrogen (secondary N) is 1. The molecule has 0 unspecified atom stereocenters. The minimum absolute atomic E-state index is 0.0778. The summed E-state index contributed by atoms with van der Waals surface area (Å²) in [6.07, 6.45) is 0.530. The lowest BCUT2D eigenvalue weighted by atomic mass is 10.1. The Labute approximate surface area is 125 Å². The van der Waals surface area contributed by atoms with Gasteiger partial charge in [0.15, 0.2) is 0 Å². The number of esters is 1. The first kappa shape index (κ1) is 16.8. The van der Waals surface area contributed by atoms with Crippen molar-refractivity contribution < 1.29 is 14.3 Å². The van der Waals surface area contributed by atoms with Gasteiger partial charge in [0.1, 0.15) is 5.60 Å². The third-order valence-electron chi connectivity index (χ3n) is 2.39. The van der Waals surface area contributed by atoms with Crippen LogP contribution in [0.15, 0.2) is 24.3 Å². The predicted molar refractivity (Wildman–Crippen MR) is 81.8 cm³/mol. The van der Waals surface area contributed by atoms with Crippen LogP contribution in [0.25, 0.3) is 0 Å². The smallest absolute Gasteiger partial charge is 0.339 e. The molecule has 112 valence electrons. The van der Waals surface area contributed by atoms with Crippen molar-refractivity contribution in [1.29, 1.82) is 0 Å². The monoisotopic (exact) mass is 287 g/mol. The van der Waals surface area contributed by atoms with Crippen LogP contribution in [0.1, 0.15) is 50.0 Å². The molecule has 0 radical (unpaired) electrons. The molecule has 1 aromatic carbocycles. The molecule has 0 saturated heterocycles. The fourth-order valence-corrected chi connectivity index (χ4v) is 1.56. The Balaban J connectivity index is 2.78. The minimum atomic E-state index is -0.539. The molecule has 0 aliphatic rings. The fourth-order valence-electron chi connectivity index (χ4n) is 1.56. The Hall–Kier alpha value is -2.28. The Morgan fingerprint density at radius 3 is 2.52 bits per heavy atom. The summed E-state index contributed by atoms with van der Waals surface area (Å²) in [5.41, 5.74) is 0.553. The molecule has 0 heterocycles. The van der Waals surface area contributed by atoms with Gasteiger partial charge in [-0.05, 0) is 32.9 Å². The lowest BCUT2D eigenvalue weighted by Crippen LogP contribution is -2.24. The third kappa shape index (κ3) is 6.62. The van der Waals surface area contributed by atoms with Gasteiger partial charge in [0.25, 0.3) is 0 Å². The first-order chi connectivity index (χ1) is 9.79. The Morgan fingerprint density at radius 1 is 1.24 bits per heavy atom. The average molecular weight is 287 g/mol. The SMILES string of the molecule is CC(=O)NCCC#Cc1ccccc1C(=O)OC(C)(C)C. The second-order valence-electron chi connectivity index (χ2n) is 5.58. The third-order valence-corrected chi connectivity index (χ3v) is 2.39. The Bertz CT molecular complexity index is 574. The standard InChI is InChI=1S/C17H21NO3/c1-13(19)18-12-8-7-10-14-9-5-6-11-15(14)16(20)21-17(2,3)4/h5-6,9,11H,8,12H2,1-4H3,(H,18,19). The Kier molecular flexibility index (Phi) is 5.98. The second kappa shape index (κ2) is 7.49. The molecule has 0 atom stereocenters. The van der Waals surface area contributed by atoms with Gasteiger partial charge in [0.05, 0.1) is 5.56 Å². The van der Waals surface area contributed by atoms with Crippen molar-refractivity contribution >= 4 is 11.9 Å². The van der Waals surface area contributed by atoms with Gasteiger partial charge in [-0.25, -0.2) is 4.79 Å². The molecule has 4 nitrogen and oxygen atoms in total. The van der Waals surface area contributed by atoms with Crippen LogP contribution in [0.3, 0.4) is 0 Å². The van der Waals surface area contributed by atoms with Crippen molar-refractivity contribution in [2.45, 2.75) is 39.7 Å². The van der Waals surface area contributed by atoms with Gasteiger partial charge in [-0.3, -0.25) is 4.79 Å². The van der Waals surface area contributed by atoms with Crippen LogP contribution < -0.4 is 5.32 Å². The zero-order chi connectivity index (χ0) is 15.9. The average Bonchev–Trinajstić information content (AvgIpc) is 2.36. The summed E-state index contributed by atoms with van der Waals surface area (Å²) in [6, 6.07) is 7.09. The van der Waals surface area contributed by atoms with E-state index >= 15 is 0 Å². The molecule has 1 N–H and O–H groups in total. The van der Waals surface area contributed by atoms with Crippen molar-refractivity contribution in [2.24, 2.45) is 0 Å². The van der Waals surface area contributed by atoms with Crippen LogP contribution >= 0.6 is 0 Å². The summed E-state index contributed by atoms with van der Waals surface area (Å²) in [5, 5.41) is 2.67. The van der Waals surface area contributed by atoms with Crippen LogP contribution in [0.5, 0.6) is 0 Å².